The minimum absolute atomic E-state index is 0.100. The molecule has 0 spiro atoms. The van der Waals surface area contributed by atoms with Crippen molar-refractivity contribution in [2.75, 3.05) is 0 Å². The number of rotatable bonds is 10. The molecule has 3 atom stereocenters. The summed E-state index contributed by atoms with van der Waals surface area (Å²) in [6.45, 7) is 0. The van der Waals surface area contributed by atoms with Crippen LogP contribution < -0.4 is 4.83 Å². The number of nitrogens with one attached hydrogen (secondary N) is 1. The van der Waals surface area contributed by atoms with Crippen LogP contribution in [-0.4, -0.2) is 31.9 Å². The number of carbonyl (C=O) groups is 1. The van der Waals surface area contributed by atoms with E-state index in [1.165, 1.54) is 6.21 Å². The van der Waals surface area contributed by atoms with E-state index in [2.05, 4.69) is 9.93 Å². The van der Waals surface area contributed by atoms with E-state index >= 15 is 0 Å². The van der Waals surface area contributed by atoms with Gasteiger partial charge in [-0.05, 0) is 56.4 Å². The van der Waals surface area contributed by atoms with Crippen LogP contribution in [0.1, 0.15) is 38.5 Å². The highest BCUT2D eigenvalue weighted by molar-refractivity contribution is 7.89. The number of nitrogens with zero attached hydrogens (tertiary/aromatic N) is 1. The van der Waals surface area contributed by atoms with Gasteiger partial charge in [0.2, 0.25) is 0 Å². The van der Waals surface area contributed by atoms with Crippen LogP contribution in [0.4, 0.5) is 8.78 Å². The molecule has 1 aliphatic rings. The van der Waals surface area contributed by atoms with Crippen LogP contribution in [0.25, 0.3) is 0 Å². The Morgan fingerprint density at radius 2 is 1.96 bits per heavy atom. The molecule has 2 rings (SSSR count). The Kier molecular flexibility index (Phi) is 8.10. The van der Waals surface area contributed by atoms with Gasteiger partial charge in [-0.2, -0.15) is 13.5 Å². The zero-order valence-electron chi connectivity index (χ0n) is 15.3. The molecule has 2 N–H and O–H groups in total. The Morgan fingerprint density at radius 3 is 2.64 bits per heavy atom. The molecular weight excluding hydrogens is 390 g/mol. The van der Waals surface area contributed by atoms with Gasteiger partial charge >= 0.3 is 5.97 Å². The van der Waals surface area contributed by atoms with Crippen molar-refractivity contribution in [2.45, 2.75) is 49.6 Å². The Bertz CT molecular complexity index is 810. The molecule has 1 aromatic carbocycles. The predicted octanol–water partition coefficient (Wildman–Crippen LogP) is 3.66. The molecule has 9 heteroatoms. The average molecular weight is 414 g/mol. The summed E-state index contributed by atoms with van der Waals surface area (Å²) in [5.74, 6) is -1.88. The van der Waals surface area contributed by atoms with E-state index in [1.807, 2.05) is 12.2 Å². The molecule has 0 heterocycles. The first-order chi connectivity index (χ1) is 13.3. The Hall–Kier alpha value is -2.29. The van der Waals surface area contributed by atoms with E-state index in [1.54, 1.807) is 0 Å². The maximum atomic E-state index is 14.1. The number of carboxylic acid groups (broad SMARTS) is 1. The zero-order chi connectivity index (χ0) is 20.6. The number of allylic oxidation sites excluding steroid dienone is 2. The second-order valence-electron chi connectivity index (χ2n) is 6.74. The zero-order valence-corrected chi connectivity index (χ0v) is 16.1. The van der Waals surface area contributed by atoms with Crippen molar-refractivity contribution >= 4 is 22.2 Å². The minimum atomic E-state index is -3.90. The minimum Gasteiger partial charge on any atom is -0.481 e. The van der Waals surface area contributed by atoms with Crippen LogP contribution in [0.5, 0.6) is 0 Å². The summed E-state index contributed by atoms with van der Waals surface area (Å²) < 4.78 is 51.3. The summed E-state index contributed by atoms with van der Waals surface area (Å²) in [7, 11) is -3.90. The third-order valence-electron chi connectivity index (χ3n) is 4.69. The first-order valence-corrected chi connectivity index (χ1v) is 10.6. The monoisotopic (exact) mass is 414 g/mol. The molecule has 6 nitrogen and oxygen atoms in total. The van der Waals surface area contributed by atoms with Gasteiger partial charge in [-0.3, -0.25) is 4.79 Å². The van der Waals surface area contributed by atoms with E-state index in [4.69, 9.17) is 5.11 Å². The molecule has 1 fully saturated rings. The SMILES string of the molecule is O=C(O)CCC/C=C\C[C@H]1[C@H](F)CC[C@@H]1/C=N/NS(=O)(=O)c1ccc(F)cc1. The normalized spacial score (nSPS) is 22.9. The molecule has 1 aliphatic carbocycles. The van der Waals surface area contributed by atoms with Crippen LogP contribution in [0.2, 0.25) is 0 Å². The predicted molar refractivity (Wildman–Crippen MR) is 102 cm³/mol. The van der Waals surface area contributed by atoms with E-state index in [0.29, 0.717) is 32.1 Å². The molecule has 28 heavy (non-hydrogen) atoms. The number of hydrogen-bond donors (Lipinski definition) is 2. The highest BCUT2D eigenvalue weighted by Crippen LogP contribution is 2.35. The van der Waals surface area contributed by atoms with Crippen molar-refractivity contribution in [1.82, 2.24) is 4.83 Å². The number of benzene rings is 1. The molecule has 1 aromatic rings. The van der Waals surface area contributed by atoms with Gasteiger partial charge in [0.15, 0.2) is 0 Å². The summed E-state index contributed by atoms with van der Waals surface area (Å²) in [4.78, 5) is 12.4. The van der Waals surface area contributed by atoms with Gasteiger partial charge in [-0.25, -0.2) is 13.6 Å². The number of sulfonamides is 1. The number of aliphatic carboxylic acids is 1. The molecule has 0 radical (unpaired) electrons. The standard InChI is InChI=1S/C19H24F2N2O4S/c20-15-8-10-16(11-9-15)28(26,27)23-22-13-14-7-12-18(21)17(14)5-3-1-2-4-6-19(24)25/h1,3,8-11,13-14,17-18,23H,2,4-7,12H2,(H,24,25)/b3-1-,22-13+/t14-,17-,18-/m1/s1. The van der Waals surface area contributed by atoms with Crippen molar-refractivity contribution in [3.8, 4) is 0 Å². The number of carboxylic acids is 1. The third kappa shape index (κ3) is 6.70. The molecule has 0 amide bonds. The van der Waals surface area contributed by atoms with Crippen molar-refractivity contribution in [1.29, 1.82) is 0 Å². The molecule has 0 bridgehead atoms. The average Bonchev–Trinajstić information content (AvgIpc) is 2.98. The largest absolute Gasteiger partial charge is 0.481 e. The third-order valence-corrected chi connectivity index (χ3v) is 5.93. The summed E-state index contributed by atoms with van der Waals surface area (Å²) in [5, 5.41) is 12.4. The smallest absolute Gasteiger partial charge is 0.303 e. The summed E-state index contributed by atoms with van der Waals surface area (Å²) in [6.07, 6.45) is 6.81. The summed E-state index contributed by atoms with van der Waals surface area (Å²) in [5.41, 5.74) is 0. The van der Waals surface area contributed by atoms with E-state index < -0.39 is 28.0 Å². The fourth-order valence-corrected chi connectivity index (χ4v) is 3.96. The number of unbranched alkanes of at least 4 members (excludes halogenated alkanes) is 1. The highest BCUT2D eigenvalue weighted by atomic mass is 32.2. The van der Waals surface area contributed by atoms with Gasteiger partial charge in [0.25, 0.3) is 10.0 Å². The lowest BCUT2D eigenvalue weighted by Gasteiger charge is -2.15. The van der Waals surface area contributed by atoms with Gasteiger partial charge in [0.1, 0.15) is 12.0 Å². The van der Waals surface area contributed by atoms with Gasteiger partial charge in [0.05, 0.1) is 4.90 Å². The van der Waals surface area contributed by atoms with Gasteiger partial charge in [-0.1, -0.05) is 12.2 Å². The number of alkyl halides is 1. The quantitative estimate of drug-likeness (QED) is 0.264. The van der Waals surface area contributed by atoms with Gasteiger partial charge in [-0.15, -0.1) is 0 Å². The molecular formula is C19H24F2N2O4S. The van der Waals surface area contributed by atoms with Gasteiger partial charge in [0, 0.05) is 24.5 Å². The Labute approximate surface area is 163 Å². The Balaban J connectivity index is 1.88. The summed E-state index contributed by atoms with van der Waals surface area (Å²) >= 11 is 0. The molecule has 154 valence electrons. The second-order valence-corrected chi connectivity index (χ2v) is 8.40. The van der Waals surface area contributed by atoms with Crippen LogP contribution >= 0.6 is 0 Å². The van der Waals surface area contributed by atoms with E-state index in [9.17, 15) is 22.0 Å². The first-order valence-electron chi connectivity index (χ1n) is 9.11. The van der Waals surface area contributed by atoms with Gasteiger partial charge < -0.3 is 5.11 Å². The van der Waals surface area contributed by atoms with E-state index in [-0.39, 0.29) is 23.2 Å². The molecule has 0 aliphatic heterocycles. The van der Waals surface area contributed by atoms with Crippen LogP contribution in [0.15, 0.2) is 46.4 Å². The highest BCUT2D eigenvalue weighted by Gasteiger charge is 2.34. The number of hydrogen-bond acceptors (Lipinski definition) is 4. The fourth-order valence-electron chi connectivity index (χ4n) is 3.16. The van der Waals surface area contributed by atoms with Crippen molar-refractivity contribution in [3.05, 3.63) is 42.2 Å². The number of halogens is 2. The first kappa shape index (κ1) is 22.0. The molecule has 0 aromatic heterocycles. The Morgan fingerprint density at radius 1 is 1.25 bits per heavy atom. The van der Waals surface area contributed by atoms with E-state index in [0.717, 1.165) is 24.3 Å². The maximum Gasteiger partial charge on any atom is 0.303 e. The molecule has 0 unspecified atom stereocenters. The summed E-state index contributed by atoms with van der Waals surface area (Å²) in [6, 6.07) is 4.36. The maximum absolute atomic E-state index is 14.1. The van der Waals surface area contributed by atoms with Crippen molar-refractivity contribution in [3.63, 3.8) is 0 Å². The molecule has 1 saturated carbocycles. The van der Waals surface area contributed by atoms with Crippen LogP contribution in [0.3, 0.4) is 0 Å². The van der Waals surface area contributed by atoms with Crippen molar-refractivity contribution < 1.29 is 27.1 Å². The van der Waals surface area contributed by atoms with Crippen LogP contribution in [0, 0.1) is 17.7 Å². The lowest BCUT2D eigenvalue weighted by atomic mass is 9.93. The second kappa shape index (κ2) is 10.3. The lowest BCUT2D eigenvalue weighted by Crippen LogP contribution is -2.21. The number of hydrazone groups is 1. The topological polar surface area (TPSA) is 95.8 Å². The lowest BCUT2D eigenvalue weighted by molar-refractivity contribution is -0.137. The van der Waals surface area contributed by atoms with Crippen molar-refractivity contribution in [2.24, 2.45) is 16.9 Å². The fraction of sp³-hybridized carbons (Fsp3) is 0.474. The molecule has 0 saturated heterocycles. The van der Waals surface area contributed by atoms with Crippen LogP contribution in [-0.2, 0) is 14.8 Å².